The van der Waals surface area contributed by atoms with E-state index in [0.717, 1.165) is 28.3 Å². The van der Waals surface area contributed by atoms with Crippen LogP contribution in [0.25, 0.3) is 0 Å². The molecule has 0 saturated heterocycles. The van der Waals surface area contributed by atoms with Gasteiger partial charge in [-0.2, -0.15) is 0 Å². The predicted molar refractivity (Wildman–Crippen MR) is 112 cm³/mol. The number of hydrogen-bond donors (Lipinski definition) is 1. The monoisotopic (exact) mass is 375 g/mol. The number of ether oxygens (including phenoxy) is 1. The van der Waals surface area contributed by atoms with Crippen molar-refractivity contribution in [1.82, 2.24) is 9.88 Å². The van der Waals surface area contributed by atoms with E-state index in [9.17, 15) is 4.79 Å². The third-order valence-electron chi connectivity index (χ3n) is 4.50. The first-order valence-corrected chi connectivity index (χ1v) is 9.31. The Bertz CT molecular complexity index is 942. The summed E-state index contributed by atoms with van der Waals surface area (Å²) in [6.07, 6.45) is 1.65. The molecular weight excluding hydrogens is 350 g/mol. The molecule has 0 unspecified atom stereocenters. The number of carbonyl (C=O) groups is 1. The fourth-order valence-electron chi connectivity index (χ4n) is 2.99. The van der Waals surface area contributed by atoms with Gasteiger partial charge in [-0.05, 0) is 49.2 Å². The minimum Gasteiger partial charge on any atom is -0.495 e. The third-order valence-corrected chi connectivity index (χ3v) is 4.50. The molecule has 3 rings (SSSR count). The maximum Gasteiger partial charge on any atom is 0.272 e. The molecule has 0 aliphatic heterocycles. The van der Waals surface area contributed by atoms with Crippen molar-refractivity contribution in [3.8, 4) is 5.75 Å². The highest BCUT2D eigenvalue weighted by molar-refractivity contribution is 5.93. The molecule has 0 spiro atoms. The minimum atomic E-state index is -0.0915. The second-order valence-corrected chi connectivity index (χ2v) is 6.56. The Morgan fingerprint density at radius 1 is 1.11 bits per heavy atom. The molecule has 1 amide bonds. The first kappa shape index (κ1) is 19.4. The highest BCUT2D eigenvalue weighted by atomic mass is 16.5. The lowest BCUT2D eigenvalue weighted by molar-refractivity contribution is 0.0746. The number of hydrogen-bond acceptors (Lipinski definition) is 4. The summed E-state index contributed by atoms with van der Waals surface area (Å²) in [6, 6.07) is 19.5. The van der Waals surface area contributed by atoms with Crippen molar-refractivity contribution < 1.29 is 9.53 Å². The van der Waals surface area contributed by atoms with Crippen LogP contribution in [0.1, 0.15) is 28.5 Å². The molecule has 5 heteroatoms. The number of amides is 1. The fraction of sp³-hybridized carbons (Fsp3) is 0.217. The van der Waals surface area contributed by atoms with Crippen LogP contribution in [-0.2, 0) is 6.54 Å². The number of anilines is 2. The number of rotatable bonds is 7. The van der Waals surface area contributed by atoms with E-state index >= 15 is 0 Å². The van der Waals surface area contributed by atoms with Crippen molar-refractivity contribution in [1.29, 1.82) is 0 Å². The summed E-state index contributed by atoms with van der Waals surface area (Å²) in [5.74, 6) is 0.653. The largest absolute Gasteiger partial charge is 0.495 e. The Balaban J connectivity index is 1.80. The molecule has 1 aromatic heterocycles. The number of aromatic nitrogens is 1. The quantitative estimate of drug-likeness (QED) is 0.644. The molecule has 0 aliphatic rings. The van der Waals surface area contributed by atoms with Gasteiger partial charge in [0.15, 0.2) is 0 Å². The molecule has 0 bridgehead atoms. The van der Waals surface area contributed by atoms with E-state index in [-0.39, 0.29) is 5.91 Å². The van der Waals surface area contributed by atoms with E-state index in [4.69, 9.17) is 4.74 Å². The van der Waals surface area contributed by atoms with Crippen LogP contribution < -0.4 is 10.1 Å². The topological polar surface area (TPSA) is 54.5 Å². The Hall–Kier alpha value is -3.34. The highest BCUT2D eigenvalue weighted by Gasteiger charge is 2.16. The van der Waals surface area contributed by atoms with Gasteiger partial charge in [0.2, 0.25) is 0 Å². The lowest BCUT2D eigenvalue weighted by Crippen LogP contribution is -2.31. The van der Waals surface area contributed by atoms with E-state index < -0.39 is 0 Å². The molecule has 0 saturated carbocycles. The molecule has 0 radical (unpaired) electrons. The summed E-state index contributed by atoms with van der Waals surface area (Å²) >= 11 is 0. The number of pyridine rings is 1. The molecule has 3 aromatic rings. The summed E-state index contributed by atoms with van der Waals surface area (Å²) in [7, 11) is 1.64. The molecule has 0 aliphatic carbocycles. The van der Waals surface area contributed by atoms with Crippen molar-refractivity contribution in [2.45, 2.75) is 20.4 Å². The number of aryl methyl sites for hydroxylation is 1. The summed E-state index contributed by atoms with van der Waals surface area (Å²) in [5.41, 5.74) is 4.27. The molecule has 144 valence electrons. The van der Waals surface area contributed by atoms with Gasteiger partial charge in [-0.1, -0.05) is 36.4 Å². The molecular formula is C23H25N3O2. The first-order valence-electron chi connectivity index (χ1n) is 9.31. The van der Waals surface area contributed by atoms with Crippen LogP contribution in [0, 0.1) is 6.92 Å². The van der Waals surface area contributed by atoms with Crippen LogP contribution in [-0.4, -0.2) is 29.4 Å². The molecule has 1 heterocycles. The van der Waals surface area contributed by atoms with E-state index in [1.807, 2.05) is 68.4 Å². The van der Waals surface area contributed by atoms with Crippen molar-refractivity contribution in [3.05, 3.63) is 83.7 Å². The second kappa shape index (κ2) is 9.04. The predicted octanol–water partition coefficient (Wildman–Crippen LogP) is 4.80. The van der Waals surface area contributed by atoms with Gasteiger partial charge in [0.05, 0.1) is 12.8 Å². The van der Waals surface area contributed by atoms with Crippen LogP contribution in [0.3, 0.4) is 0 Å². The summed E-state index contributed by atoms with van der Waals surface area (Å²) in [4.78, 5) is 19.0. The molecule has 0 atom stereocenters. The van der Waals surface area contributed by atoms with E-state index in [1.54, 1.807) is 24.3 Å². The Labute approximate surface area is 166 Å². The van der Waals surface area contributed by atoms with Gasteiger partial charge in [-0.15, -0.1) is 0 Å². The molecule has 0 fully saturated rings. The van der Waals surface area contributed by atoms with Crippen LogP contribution in [0.4, 0.5) is 11.4 Å². The van der Waals surface area contributed by atoms with Crippen molar-refractivity contribution >= 4 is 17.3 Å². The van der Waals surface area contributed by atoms with E-state index in [1.165, 1.54) is 0 Å². The van der Waals surface area contributed by atoms with Gasteiger partial charge in [0, 0.05) is 25.0 Å². The Morgan fingerprint density at radius 2 is 1.89 bits per heavy atom. The molecule has 2 aromatic carbocycles. The Morgan fingerprint density at radius 3 is 2.61 bits per heavy atom. The zero-order chi connectivity index (χ0) is 19.9. The SMILES string of the molecule is CCN(Cc1ccccc1)C(=O)c1cc(Nc2cc(C)ccc2OC)ccn1. The van der Waals surface area contributed by atoms with Gasteiger partial charge in [0.1, 0.15) is 11.4 Å². The van der Waals surface area contributed by atoms with Gasteiger partial charge >= 0.3 is 0 Å². The molecule has 28 heavy (non-hydrogen) atoms. The minimum absolute atomic E-state index is 0.0915. The van der Waals surface area contributed by atoms with Gasteiger partial charge < -0.3 is 15.0 Å². The zero-order valence-electron chi connectivity index (χ0n) is 16.5. The summed E-state index contributed by atoms with van der Waals surface area (Å²) < 4.78 is 5.42. The number of benzene rings is 2. The third kappa shape index (κ3) is 4.68. The maximum absolute atomic E-state index is 13.0. The average Bonchev–Trinajstić information content (AvgIpc) is 2.72. The molecule has 1 N–H and O–H groups in total. The second-order valence-electron chi connectivity index (χ2n) is 6.56. The normalized spacial score (nSPS) is 10.4. The average molecular weight is 375 g/mol. The van der Waals surface area contributed by atoms with E-state index in [0.29, 0.717) is 18.8 Å². The van der Waals surface area contributed by atoms with Crippen molar-refractivity contribution in [2.75, 3.05) is 19.0 Å². The number of methoxy groups -OCH3 is 1. The van der Waals surface area contributed by atoms with Gasteiger partial charge in [0.25, 0.3) is 5.91 Å². The maximum atomic E-state index is 13.0. The smallest absolute Gasteiger partial charge is 0.272 e. The number of nitrogens with zero attached hydrogens (tertiary/aromatic N) is 2. The zero-order valence-corrected chi connectivity index (χ0v) is 16.5. The number of nitrogens with one attached hydrogen (secondary N) is 1. The van der Waals surface area contributed by atoms with Gasteiger partial charge in [-0.3, -0.25) is 9.78 Å². The van der Waals surface area contributed by atoms with Crippen molar-refractivity contribution in [3.63, 3.8) is 0 Å². The standard InChI is InChI=1S/C23H25N3O2/c1-4-26(16-18-8-6-5-7-9-18)23(27)21-15-19(12-13-24-21)25-20-14-17(2)10-11-22(20)28-3/h5-15H,4,16H2,1-3H3,(H,24,25). The first-order chi connectivity index (χ1) is 13.6. The molecule has 5 nitrogen and oxygen atoms in total. The van der Waals surface area contributed by atoms with Gasteiger partial charge in [-0.25, -0.2) is 0 Å². The van der Waals surface area contributed by atoms with E-state index in [2.05, 4.69) is 10.3 Å². The Kier molecular flexibility index (Phi) is 6.27. The van der Waals surface area contributed by atoms with Crippen LogP contribution in [0.2, 0.25) is 0 Å². The lowest BCUT2D eigenvalue weighted by atomic mass is 10.2. The summed E-state index contributed by atoms with van der Waals surface area (Å²) in [5, 5.41) is 3.33. The number of carbonyl (C=O) groups excluding carboxylic acids is 1. The van der Waals surface area contributed by atoms with Crippen LogP contribution >= 0.6 is 0 Å². The highest BCUT2D eigenvalue weighted by Crippen LogP contribution is 2.28. The van der Waals surface area contributed by atoms with Crippen molar-refractivity contribution in [2.24, 2.45) is 0 Å². The fourth-order valence-corrected chi connectivity index (χ4v) is 2.99. The summed E-state index contributed by atoms with van der Waals surface area (Å²) in [6.45, 7) is 5.16. The lowest BCUT2D eigenvalue weighted by Gasteiger charge is -2.21. The van der Waals surface area contributed by atoms with Crippen LogP contribution in [0.5, 0.6) is 5.75 Å². The van der Waals surface area contributed by atoms with Crippen LogP contribution in [0.15, 0.2) is 66.9 Å².